The van der Waals surface area contributed by atoms with E-state index in [0.29, 0.717) is 6.61 Å². The number of carbonyl (C=O) groups is 1. The maximum absolute atomic E-state index is 10.7. The molecule has 0 saturated carbocycles. The molecule has 0 aliphatic heterocycles. The van der Waals surface area contributed by atoms with Crippen molar-refractivity contribution in [3.8, 4) is 12.3 Å². The first-order chi connectivity index (χ1) is 9.31. The van der Waals surface area contributed by atoms with Crippen LogP contribution in [0.2, 0.25) is 0 Å². The molecule has 0 saturated heterocycles. The van der Waals surface area contributed by atoms with Crippen molar-refractivity contribution in [1.82, 2.24) is 0 Å². The van der Waals surface area contributed by atoms with Gasteiger partial charge in [0, 0.05) is 5.92 Å². The number of terminal acetylenes is 1. The van der Waals surface area contributed by atoms with E-state index in [2.05, 4.69) is 6.92 Å². The fraction of sp³-hybridized carbons (Fsp3) is 0.824. The summed E-state index contributed by atoms with van der Waals surface area (Å²) in [5, 5.41) is 0. The second kappa shape index (κ2) is 15.1. The predicted molar refractivity (Wildman–Crippen MR) is 80.9 cm³/mol. The van der Waals surface area contributed by atoms with Crippen molar-refractivity contribution in [2.45, 2.75) is 84.0 Å². The number of unbranched alkanes of at least 4 members (excludes halogenated alkanes) is 11. The van der Waals surface area contributed by atoms with Crippen molar-refractivity contribution < 1.29 is 9.53 Å². The molecule has 0 atom stereocenters. The van der Waals surface area contributed by atoms with Gasteiger partial charge in [-0.1, -0.05) is 77.6 Å². The highest BCUT2D eigenvalue weighted by atomic mass is 16.5. The molecular weight excluding hydrogens is 236 g/mol. The fourth-order valence-electron chi connectivity index (χ4n) is 2.15. The molecular formula is C17H30O2. The number of carbonyl (C=O) groups excluding carboxylic acids is 1. The van der Waals surface area contributed by atoms with Crippen LogP contribution in [0.3, 0.4) is 0 Å². The van der Waals surface area contributed by atoms with Gasteiger partial charge in [-0.05, 0) is 6.42 Å². The van der Waals surface area contributed by atoms with Crippen LogP contribution >= 0.6 is 0 Å². The fourth-order valence-corrected chi connectivity index (χ4v) is 2.15. The summed E-state index contributed by atoms with van der Waals surface area (Å²) in [4.78, 5) is 10.7. The van der Waals surface area contributed by atoms with Crippen LogP contribution in [0.15, 0.2) is 0 Å². The summed E-state index contributed by atoms with van der Waals surface area (Å²) in [6.45, 7) is 2.73. The molecule has 0 aliphatic rings. The van der Waals surface area contributed by atoms with Crippen molar-refractivity contribution in [3.63, 3.8) is 0 Å². The molecule has 0 aromatic rings. The number of rotatable bonds is 13. The van der Waals surface area contributed by atoms with Gasteiger partial charge in [-0.15, -0.1) is 6.42 Å². The van der Waals surface area contributed by atoms with Gasteiger partial charge in [0.1, 0.15) is 0 Å². The monoisotopic (exact) mass is 266 g/mol. The molecule has 0 fully saturated rings. The van der Waals surface area contributed by atoms with Crippen LogP contribution in [0.4, 0.5) is 0 Å². The van der Waals surface area contributed by atoms with Gasteiger partial charge >= 0.3 is 5.97 Å². The third-order valence-corrected chi connectivity index (χ3v) is 3.35. The third-order valence-electron chi connectivity index (χ3n) is 3.35. The minimum Gasteiger partial charge on any atom is -0.456 e. The lowest BCUT2D eigenvalue weighted by Gasteiger charge is -2.03. The third kappa shape index (κ3) is 15.0. The van der Waals surface area contributed by atoms with E-state index in [0.717, 1.165) is 12.8 Å². The molecule has 0 aromatic heterocycles. The Morgan fingerprint density at radius 1 is 0.842 bits per heavy atom. The maximum atomic E-state index is 10.7. The number of ether oxygens (including phenoxy) is 1. The normalized spacial score (nSPS) is 10.1. The van der Waals surface area contributed by atoms with E-state index in [-0.39, 0.29) is 0 Å². The van der Waals surface area contributed by atoms with Gasteiger partial charge in [0.25, 0.3) is 0 Å². The molecule has 0 radical (unpaired) electrons. The molecule has 0 amide bonds. The SMILES string of the molecule is C#CC(=O)OCCCCCCCCCCCCCC. The van der Waals surface area contributed by atoms with Crippen LogP contribution < -0.4 is 0 Å². The van der Waals surface area contributed by atoms with Crippen LogP contribution in [0.1, 0.15) is 84.0 Å². The highest BCUT2D eigenvalue weighted by Crippen LogP contribution is 2.11. The second-order valence-corrected chi connectivity index (χ2v) is 5.17. The Morgan fingerprint density at radius 3 is 1.68 bits per heavy atom. The average molecular weight is 266 g/mol. The highest BCUT2D eigenvalue weighted by Gasteiger charge is 1.96. The summed E-state index contributed by atoms with van der Waals surface area (Å²) in [5.74, 6) is 1.41. The molecule has 0 rings (SSSR count). The van der Waals surface area contributed by atoms with E-state index in [4.69, 9.17) is 11.2 Å². The van der Waals surface area contributed by atoms with Gasteiger partial charge in [0.15, 0.2) is 0 Å². The van der Waals surface area contributed by atoms with Crippen molar-refractivity contribution in [2.75, 3.05) is 6.61 Å². The molecule has 0 bridgehead atoms. The Balaban J connectivity index is 2.99. The summed E-state index contributed by atoms with van der Waals surface area (Å²) in [5.41, 5.74) is 0. The molecule has 2 heteroatoms. The lowest BCUT2D eigenvalue weighted by atomic mass is 10.1. The van der Waals surface area contributed by atoms with Crippen molar-refractivity contribution in [1.29, 1.82) is 0 Å². The zero-order chi connectivity index (χ0) is 14.2. The molecule has 110 valence electrons. The quantitative estimate of drug-likeness (QED) is 0.206. The van der Waals surface area contributed by atoms with Gasteiger partial charge in [0.05, 0.1) is 6.61 Å². The van der Waals surface area contributed by atoms with Crippen molar-refractivity contribution in [2.24, 2.45) is 0 Å². The number of esters is 1. The molecule has 0 spiro atoms. The summed E-state index contributed by atoms with van der Waals surface area (Å²) >= 11 is 0. The summed E-state index contributed by atoms with van der Waals surface area (Å²) in [7, 11) is 0. The van der Waals surface area contributed by atoms with E-state index < -0.39 is 5.97 Å². The van der Waals surface area contributed by atoms with E-state index in [9.17, 15) is 4.79 Å². The van der Waals surface area contributed by atoms with Crippen LogP contribution in [0.5, 0.6) is 0 Å². The number of hydrogen-bond donors (Lipinski definition) is 0. The van der Waals surface area contributed by atoms with Gasteiger partial charge in [-0.2, -0.15) is 0 Å². The van der Waals surface area contributed by atoms with Crippen LogP contribution in [0.25, 0.3) is 0 Å². The Morgan fingerprint density at radius 2 is 1.26 bits per heavy atom. The Bertz CT molecular complexity index is 240. The largest absolute Gasteiger partial charge is 0.456 e. The first kappa shape index (κ1) is 18.0. The molecule has 0 N–H and O–H groups in total. The summed E-state index contributed by atoms with van der Waals surface area (Å²) in [6, 6.07) is 0. The minimum atomic E-state index is -0.539. The first-order valence-corrected chi connectivity index (χ1v) is 7.94. The van der Waals surface area contributed by atoms with Crippen molar-refractivity contribution in [3.05, 3.63) is 0 Å². The molecule has 0 aliphatic carbocycles. The highest BCUT2D eigenvalue weighted by molar-refractivity contribution is 5.87. The first-order valence-electron chi connectivity index (χ1n) is 7.94. The summed E-state index contributed by atoms with van der Waals surface area (Å²) < 4.78 is 4.81. The standard InChI is InChI=1S/C17H30O2/c1-3-5-6-7-8-9-10-11-12-13-14-15-16-19-17(18)4-2/h2H,3,5-16H2,1H3. The molecule has 0 unspecified atom stereocenters. The van der Waals surface area contributed by atoms with E-state index >= 15 is 0 Å². The number of hydrogen-bond acceptors (Lipinski definition) is 2. The smallest absolute Gasteiger partial charge is 0.384 e. The van der Waals surface area contributed by atoms with E-state index in [1.165, 1.54) is 64.2 Å². The van der Waals surface area contributed by atoms with Gasteiger partial charge < -0.3 is 4.74 Å². The van der Waals surface area contributed by atoms with Gasteiger partial charge in [0.2, 0.25) is 0 Å². The zero-order valence-corrected chi connectivity index (χ0v) is 12.6. The van der Waals surface area contributed by atoms with Gasteiger partial charge in [-0.25, -0.2) is 4.79 Å². The topological polar surface area (TPSA) is 26.3 Å². The maximum Gasteiger partial charge on any atom is 0.384 e. The summed E-state index contributed by atoms with van der Waals surface area (Å²) in [6.07, 6.45) is 20.6. The second-order valence-electron chi connectivity index (χ2n) is 5.17. The Kier molecular flexibility index (Phi) is 14.3. The molecule has 2 nitrogen and oxygen atoms in total. The van der Waals surface area contributed by atoms with Crippen LogP contribution in [-0.4, -0.2) is 12.6 Å². The van der Waals surface area contributed by atoms with Gasteiger partial charge in [-0.3, -0.25) is 0 Å². The Hall–Kier alpha value is -0.970. The molecule has 0 heterocycles. The predicted octanol–water partition coefficient (Wildman–Crippen LogP) is 4.86. The molecule has 19 heavy (non-hydrogen) atoms. The minimum absolute atomic E-state index is 0.473. The van der Waals surface area contributed by atoms with E-state index in [1.54, 1.807) is 0 Å². The van der Waals surface area contributed by atoms with Crippen LogP contribution in [0, 0.1) is 12.3 Å². The lowest BCUT2D eigenvalue weighted by Crippen LogP contribution is -2.02. The zero-order valence-electron chi connectivity index (χ0n) is 12.6. The molecule has 0 aromatic carbocycles. The lowest BCUT2D eigenvalue weighted by molar-refractivity contribution is -0.136. The van der Waals surface area contributed by atoms with Crippen molar-refractivity contribution >= 4 is 5.97 Å². The van der Waals surface area contributed by atoms with E-state index in [1.807, 2.05) is 5.92 Å². The Labute approximate surface area is 119 Å². The average Bonchev–Trinajstić information content (AvgIpc) is 2.43. The van der Waals surface area contributed by atoms with Crippen LogP contribution in [-0.2, 0) is 9.53 Å².